The van der Waals surface area contributed by atoms with E-state index in [1.807, 2.05) is 0 Å². The minimum atomic E-state index is -1.08. The molecule has 0 bridgehead atoms. The maximum atomic E-state index is 8.89. The van der Waals surface area contributed by atoms with E-state index in [-0.39, 0.29) is 35.1 Å². The Balaban J connectivity index is -0.0000000300. The average molecular weight is 331 g/mol. The van der Waals surface area contributed by atoms with Gasteiger partial charge in [-0.05, 0) is 13.8 Å². The molecule has 0 rings (SSSR count). The van der Waals surface area contributed by atoms with Crippen molar-refractivity contribution in [3.8, 4) is 0 Å². The molecular formula is C5H6HgO4. The van der Waals surface area contributed by atoms with Gasteiger partial charge in [0.2, 0.25) is 0 Å². The van der Waals surface area contributed by atoms with Gasteiger partial charge in [-0.15, -0.1) is 0 Å². The van der Waals surface area contributed by atoms with E-state index >= 15 is 0 Å². The number of carboxylic acids is 2. The van der Waals surface area contributed by atoms with Crippen molar-refractivity contribution in [2.45, 2.75) is 13.8 Å². The van der Waals surface area contributed by atoms with Gasteiger partial charge in [0.25, 0.3) is 0 Å². The minimum Gasteiger partial charge on any atom is -0.550 e. The van der Waals surface area contributed by atoms with E-state index < -0.39 is 11.9 Å². The summed E-state index contributed by atoms with van der Waals surface area (Å²) in [6.45, 7) is 1.94. The summed E-state index contributed by atoms with van der Waals surface area (Å²) in [5, 5.41) is 17.8. The maximum Gasteiger partial charge on any atom is 2.00 e. The standard InChI is InChI=1S/2C2H4O2.C.Hg/c2*1-2(3)4;;/h2*1H3,(H,3,4);;/q;;;+2/p-2. The molecule has 0 saturated heterocycles. The predicted molar refractivity (Wildman–Crippen MR) is 24.6 cm³/mol. The number of rotatable bonds is 0. The largest absolute Gasteiger partial charge is 2.00 e. The van der Waals surface area contributed by atoms with Crippen LogP contribution in [0.25, 0.3) is 0 Å². The third kappa shape index (κ3) is 23800. The summed E-state index contributed by atoms with van der Waals surface area (Å²) < 4.78 is 0. The Morgan fingerprint density at radius 1 is 1.00 bits per heavy atom. The van der Waals surface area contributed by atoms with E-state index in [0.717, 1.165) is 13.8 Å². The van der Waals surface area contributed by atoms with Gasteiger partial charge in [0.05, 0.1) is 0 Å². The Labute approximate surface area is 80.8 Å². The van der Waals surface area contributed by atoms with Gasteiger partial charge < -0.3 is 19.8 Å². The molecule has 0 amide bonds. The molecular weight excluding hydrogens is 325 g/mol. The van der Waals surface area contributed by atoms with E-state index in [1.54, 1.807) is 0 Å². The average Bonchev–Trinajstić information content (AvgIpc) is 1.25. The zero-order valence-electron chi connectivity index (χ0n) is 5.84. The van der Waals surface area contributed by atoms with Crippen molar-refractivity contribution >= 4 is 11.9 Å². The molecule has 0 aliphatic carbocycles. The molecule has 10 heavy (non-hydrogen) atoms. The third-order valence-electron chi connectivity index (χ3n) is 0. The molecule has 5 heteroatoms. The Hall–Kier alpha value is -0.125. The number of hydrogen-bond donors (Lipinski definition) is 0. The van der Waals surface area contributed by atoms with Crippen LogP contribution in [0.1, 0.15) is 13.8 Å². The van der Waals surface area contributed by atoms with Crippen LogP contribution in [0, 0.1) is 7.43 Å². The normalized spacial score (nSPS) is 5.00. The molecule has 0 spiro atoms. The van der Waals surface area contributed by atoms with Crippen LogP contribution in [-0.2, 0) is 37.3 Å². The van der Waals surface area contributed by atoms with Crippen molar-refractivity contribution in [1.29, 1.82) is 0 Å². The van der Waals surface area contributed by atoms with Crippen molar-refractivity contribution in [2.24, 2.45) is 0 Å². The van der Waals surface area contributed by atoms with E-state index in [1.165, 1.54) is 0 Å². The van der Waals surface area contributed by atoms with Gasteiger partial charge >= 0.3 is 27.7 Å². The molecule has 0 aromatic rings. The van der Waals surface area contributed by atoms with Crippen molar-refractivity contribution < 1.29 is 47.5 Å². The quantitative estimate of drug-likeness (QED) is 0.463. The molecule has 0 fully saturated rings. The van der Waals surface area contributed by atoms with Crippen LogP contribution in [0.5, 0.6) is 0 Å². The number of carbonyl (C=O) groups is 2. The molecule has 4 radical (unpaired) electrons. The van der Waals surface area contributed by atoms with Gasteiger partial charge in [-0.1, -0.05) is 0 Å². The summed E-state index contributed by atoms with van der Waals surface area (Å²) in [6.07, 6.45) is 0. The molecule has 0 unspecified atom stereocenters. The van der Waals surface area contributed by atoms with E-state index in [9.17, 15) is 0 Å². The summed E-state index contributed by atoms with van der Waals surface area (Å²) in [5.41, 5.74) is 0. The summed E-state index contributed by atoms with van der Waals surface area (Å²) in [7, 11) is 0. The second-order valence-electron chi connectivity index (χ2n) is 0.983. The van der Waals surface area contributed by atoms with Crippen LogP contribution in [0.15, 0.2) is 0 Å². The fourth-order valence-corrected chi connectivity index (χ4v) is 0. The van der Waals surface area contributed by atoms with E-state index in [2.05, 4.69) is 0 Å². The summed E-state index contributed by atoms with van der Waals surface area (Å²) >= 11 is 0. The first-order valence-electron chi connectivity index (χ1n) is 1.82. The van der Waals surface area contributed by atoms with E-state index in [0.29, 0.717) is 0 Å². The monoisotopic (exact) mass is 332 g/mol. The molecule has 0 atom stereocenters. The van der Waals surface area contributed by atoms with Crippen molar-refractivity contribution in [2.75, 3.05) is 0 Å². The molecule has 0 aromatic heterocycles. The zero-order valence-corrected chi connectivity index (χ0v) is 11.3. The first-order valence-corrected chi connectivity index (χ1v) is 1.82. The SMILES string of the molecule is CC(=O)[O-].CC(=O)[O-].[C].[Hg+2]. The van der Waals surface area contributed by atoms with Gasteiger partial charge in [0.15, 0.2) is 0 Å². The van der Waals surface area contributed by atoms with Gasteiger partial charge in [-0.3, -0.25) is 0 Å². The van der Waals surface area contributed by atoms with Crippen LogP contribution in [0.2, 0.25) is 0 Å². The van der Waals surface area contributed by atoms with Crippen LogP contribution in [0.3, 0.4) is 0 Å². The second kappa shape index (κ2) is 15.9. The molecule has 0 N–H and O–H groups in total. The van der Waals surface area contributed by atoms with Gasteiger partial charge in [0.1, 0.15) is 0 Å². The molecule has 0 aromatic carbocycles. The van der Waals surface area contributed by atoms with Gasteiger partial charge in [0, 0.05) is 19.4 Å². The van der Waals surface area contributed by atoms with Crippen LogP contribution in [-0.4, -0.2) is 11.9 Å². The first kappa shape index (κ1) is 22.5. The van der Waals surface area contributed by atoms with Crippen molar-refractivity contribution in [3.63, 3.8) is 0 Å². The fourth-order valence-electron chi connectivity index (χ4n) is 0. The molecule has 0 heterocycles. The van der Waals surface area contributed by atoms with Gasteiger partial charge in [-0.2, -0.15) is 0 Å². The minimum absolute atomic E-state index is 0. The second-order valence-corrected chi connectivity index (χ2v) is 0.983. The van der Waals surface area contributed by atoms with Crippen LogP contribution < -0.4 is 10.2 Å². The topological polar surface area (TPSA) is 80.3 Å². The van der Waals surface area contributed by atoms with E-state index in [4.69, 9.17) is 19.8 Å². The third-order valence-corrected chi connectivity index (χ3v) is 0. The molecule has 0 saturated carbocycles. The predicted octanol–water partition coefficient (Wildman–Crippen LogP) is -2.41. The summed E-state index contributed by atoms with van der Waals surface area (Å²) in [6, 6.07) is 0. The van der Waals surface area contributed by atoms with Crippen LogP contribution in [0.4, 0.5) is 0 Å². The first-order chi connectivity index (χ1) is 3.46. The Kier molecular flexibility index (Phi) is 35.9. The zero-order chi connectivity index (χ0) is 7.15. The van der Waals surface area contributed by atoms with Crippen molar-refractivity contribution in [1.82, 2.24) is 0 Å². The van der Waals surface area contributed by atoms with Gasteiger partial charge in [-0.25, -0.2) is 0 Å². The maximum absolute atomic E-state index is 8.89. The Bertz CT molecular complexity index is 71.6. The molecule has 4 nitrogen and oxygen atoms in total. The van der Waals surface area contributed by atoms with Crippen LogP contribution >= 0.6 is 0 Å². The van der Waals surface area contributed by atoms with Crippen molar-refractivity contribution in [3.05, 3.63) is 7.43 Å². The molecule has 52 valence electrons. The number of hydrogen-bond acceptors (Lipinski definition) is 4. The molecule has 0 aliphatic rings. The summed E-state index contributed by atoms with van der Waals surface area (Å²) in [5.74, 6) is -2.17. The number of carbonyl (C=O) groups excluding carboxylic acids is 2. The number of carboxylic acid groups (broad SMARTS) is 2. The Morgan fingerprint density at radius 3 is 1.00 bits per heavy atom. The number of aliphatic carboxylic acids is 2. The summed E-state index contributed by atoms with van der Waals surface area (Å²) in [4.78, 5) is 17.8. The molecule has 0 aliphatic heterocycles. The fraction of sp³-hybridized carbons (Fsp3) is 0.400. The Morgan fingerprint density at radius 2 is 1.00 bits per heavy atom. The smallest absolute Gasteiger partial charge is 0.550 e.